The molecule has 1 saturated heterocycles. The van der Waals surface area contributed by atoms with E-state index in [9.17, 15) is 9.90 Å². The molecule has 18 heavy (non-hydrogen) atoms. The molecule has 1 fully saturated rings. The molecule has 0 amide bonds. The van der Waals surface area contributed by atoms with Gasteiger partial charge in [0.05, 0.1) is 11.3 Å². The van der Waals surface area contributed by atoms with Gasteiger partial charge >= 0.3 is 5.97 Å². The quantitative estimate of drug-likeness (QED) is 0.842. The van der Waals surface area contributed by atoms with Gasteiger partial charge in [0.15, 0.2) is 0 Å². The minimum atomic E-state index is -0.884. The van der Waals surface area contributed by atoms with Crippen molar-refractivity contribution in [3.8, 4) is 0 Å². The Kier molecular flexibility index (Phi) is 4.33. The first-order valence-corrected chi connectivity index (χ1v) is 7.55. The molecule has 3 nitrogen and oxygen atoms in total. The Morgan fingerprint density at radius 3 is 2.50 bits per heavy atom. The molecule has 0 atom stereocenters. The summed E-state index contributed by atoms with van der Waals surface area (Å²) >= 11 is 6.82. The van der Waals surface area contributed by atoms with Crippen LogP contribution in [0.15, 0.2) is 21.1 Å². The molecular formula is C13H15Br2NO2. The third-order valence-corrected chi connectivity index (χ3v) is 4.42. The van der Waals surface area contributed by atoms with Gasteiger partial charge in [-0.2, -0.15) is 0 Å². The molecule has 5 heteroatoms. The van der Waals surface area contributed by atoms with E-state index in [1.54, 1.807) is 6.07 Å². The maximum Gasteiger partial charge on any atom is 0.337 e. The number of hydrogen-bond acceptors (Lipinski definition) is 2. The van der Waals surface area contributed by atoms with Crippen molar-refractivity contribution in [3.05, 3.63) is 26.6 Å². The maximum atomic E-state index is 11.4. The number of aromatic carboxylic acids is 1. The Balaban J connectivity index is 2.39. The summed E-state index contributed by atoms with van der Waals surface area (Å²) in [6, 6.07) is 3.57. The van der Waals surface area contributed by atoms with E-state index in [0.717, 1.165) is 46.5 Å². The van der Waals surface area contributed by atoms with Crippen molar-refractivity contribution in [1.82, 2.24) is 0 Å². The highest BCUT2D eigenvalue weighted by Gasteiger charge is 2.23. The summed E-state index contributed by atoms with van der Waals surface area (Å²) in [5.74, 6) is -0.158. The average Bonchev–Trinajstić information content (AvgIpc) is 2.29. The van der Waals surface area contributed by atoms with Crippen LogP contribution < -0.4 is 4.90 Å². The summed E-state index contributed by atoms with van der Waals surface area (Å²) in [6.45, 7) is 4.08. The van der Waals surface area contributed by atoms with E-state index in [0.29, 0.717) is 5.56 Å². The lowest BCUT2D eigenvalue weighted by Crippen LogP contribution is -2.34. The highest BCUT2D eigenvalue weighted by molar-refractivity contribution is 9.11. The van der Waals surface area contributed by atoms with Gasteiger partial charge in [0.1, 0.15) is 0 Å². The van der Waals surface area contributed by atoms with Crippen molar-refractivity contribution < 1.29 is 9.90 Å². The summed E-state index contributed by atoms with van der Waals surface area (Å²) in [4.78, 5) is 13.5. The molecular weight excluding hydrogens is 362 g/mol. The maximum absolute atomic E-state index is 11.4. The van der Waals surface area contributed by atoms with E-state index in [1.807, 2.05) is 6.07 Å². The van der Waals surface area contributed by atoms with Gasteiger partial charge in [-0.1, -0.05) is 22.9 Å². The first-order chi connectivity index (χ1) is 8.49. The number of carboxylic acids is 1. The first-order valence-electron chi connectivity index (χ1n) is 5.96. The van der Waals surface area contributed by atoms with Crippen molar-refractivity contribution >= 4 is 43.5 Å². The topological polar surface area (TPSA) is 40.5 Å². The molecule has 98 valence electrons. The van der Waals surface area contributed by atoms with Gasteiger partial charge in [0, 0.05) is 22.0 Å². The molecule has 0 spiro atoms. The van der Waals surface area contributed by atoms with E-state index in [1.165, 1.54) is 0 Å². The Labute approximate surface area is 123 Å². The van der Waals surface area contributed by atoms with E-state index in [-0.39, 0.29) is 0 Å². The van der Waals surface area contributed by atoms with Crippen LogP contribution in [0.3, 0.4) is 0 Å². The molecule has 0 unspecified atom stereocenters. The molecule has 0 radical (unpaired) electrons. The third-order valence-electron chi connectivity index (χ3n) is 3.36. The van der Waals surface area contributed by atoms with E-state index in [2.05, 4.69) is 43.7 Å². The summed E-state index contributed by atoms with van der Waals surface area (Å²) < 4.78 is 1.62. The Morgan fingerprint density at radius 1 is 1.33 bits per heavy atom. The normalized spacial score (nSPS) is 16.9. The predicted molar refractivity (Wildman–Crippen MR) is 79.4 cm³/mol. The smallest absolute Gasteiger partial charge is 0.337 e. The zero-order valence-corrected chi connectivity index (χ0v) is 13.3. The van der Waals surface area contributed by atoms with Crippen LogP contribution in [0.25, 0.3) is 0 Å². The standard InChI is InChI=1S/C13H15Br2NO2/c1-8-2-4-16(5-3-8)12-10(13(17)18)6-9(14)7-11(12)15/h6-8H,2-5H2,1H3,(H,17,18). The molecule has 1 aliphatic rings. The Morgan fingerprint density at radius 2 is 1.94 bits per heavy atom. The molecule has 1 aromatic rings. The van der Waals surface area contributed by atoms with Gasteiger partial charge in [0.2, 0.25) is 0 Å². The largest absolute Gasteiger partial charge is 0.478 e. The fourth-order valence-corrected chi connectivity index (χ4v) is 3.76. The van der Waals surface area contributed by atoms with Crippen molar-refractivity contribution in [3.63, 3.8) is 0 Å². The van der Waals surface area contributed by atoms with Crippen molar-refractivity contribution in [2.45, 2.75) is 19.8 Å². The lowest BCUT2D eigenvalue weighted by Gasteiger charge is -2.33. The summed E-state index contributed by atoms with van der Waals surface area (Å²) in [5, 5.41) is 9.33. The van der Waals surface area contributed by atoms with E-state index >= 15 is 0 Å². The van der Waals surface area contributed by atoms with Gasteiger partial charge in [-0.25, -0.2) is 4.79 Å². The van der Waals surface area contributed by atoms with Gasteiger partial charge < -0.3 is 10.0 Å². The lowest BCUT2D eigenvalue weighted by molar-refractivity contribution is 0.0697. The minimum absolute atomic E-state index is 0.353. The van der Waals surface area contributed by atoms with Crippen LogP contribution in [0.4, 0.5) is 5.69 Å². The number of carbonyl (C=O) groups is 1. The van der Waals surface area contributed by atoms with Crippen molar-refractivity contribution in [1.29, 1.82) is 0 Å². The van der Waals surface area contributed by atoms with Crippen LogP contribution in [0.1, 0.15) is 30.1 Å². The zero-order valence-electron chi connectivity index (χ0n) is 10.1. The molecule has 1 heterocycles. The number of nitrogens with zero attached hydrogens (tertiary/aromatic N) is 1. The molecule has 0 aromatic heterocycles. The second kappa shape index (κ2) is 5.61. The molecule has 0 bridgehead atoms. The van der Waals surface area contributed by atoms with Crippen LogP contribution in [0.5, 0.6) is 0 Å². The highest BCUT2D eigenvalue weighted by atomic mass is 79.9. The highest BCUT2D eigenvalue weighted by Crippen LogP contribution is 2.35. The number of benzene rings is 1. The molecule has 1 N–H and O–H groups in total. The Hall–Kier alpha value is -0.550. The van der Waals surface area contributed by atoms with Crippen LogP contribution in [0, 0.1) is 5.92 Å². The van der Waals surface area contributed by atoms with E-state index in [4.69, 9.17) is 0 Å². The lowest BCUT2D eigenvalue weighted by atomic mass is 9.98. The summed E-state index contributed by atoms with van der Waals surface area (Å²) in [5.41, 5.74) is 1.16. The molecule has 1 aromatic carbocycles. The van der Waals surface area contributed by atoms with Crippen LogP contribution >= 0.6 is 31.9 Å². The third kappa shape index (κ3) is 2.88. The van der Waals surface area contributed by atoms with Crippen LogP contribution in [0.2, 0.25) is 0 Å². The molecule has 2 rings (SSSR count). The van der Waals surface area contributed by atoms with Crippen molar-refractivity contribution in [2.75, 3.05) is 18.0 Å². The molecule has 1 aliphatic heterocycles. The summed E-state index contributed by atoms with van der Waals surface area (Å²) in [7, 11) is 0. The second-order valence-corrected chi connectivity index (χ2v) is 6.53. The first kappa shape index (κ1) is 13.9. The van der Waals surface area contributed by atoms with Crippen LogP contribution in [-0.2, 0) is 0 Å². The average molecular weight is 377 g/mol. The zero-order chi connectivity index (χ0) is 13.3. The Bertz CT molecular complexity index is 468. The van der Waals surface area contributed by atoms with Crippen molar-refractivity contribution in [2.24, 2.45) is 5.92 Å². The number of hydrogen-bond donors (Lipinski definition) is 1. The number of carboxylic acid groups (broad SMARTS) is 1. The monoisotopic (exact) mass is 375 g/mol. The number of piperidine rings is 1. The summed E-state index contributed by atoms with van der Waals surface area (Å²) in [6.07, 6.45) is 2.23. The fraction of sp³-hybridized carbons (Fsp3) is 0.462. The van der Waals surface area contributed by atoms with Gasteiger partial charge in [-0.15, -0.1) is 0 Å². The molecule has 0 aliphatic carbocycles. The van der Waals surface area contributed by atoms with Gasteiger partial charge in [0.25, 0.3) is 0 Å². The van der Waals surface area contributed by atoms with Crippen LogP contribution in [-0.4, -0.2) is 24.2 Å². The predicted octanol–water partition coefficient (Wildman–Crippen LogP) is 4.15. The van der Waals surface area contributed by atoms with Gasteiger partial charge in [-0.3, -0.25) is 0 Å². The number of halogens is 2. The minimum Gasteiger partial charge on any atom is -0.478 e. The second-order valence-electron chi connectivity index (χ2n) is 4.76. The number of rotatable bonds is 2. The molecule has 0 saturated carbocycles. The van der Waals surface area contributed by atoms with Gasteiger partial charge in [-0.05, 0) is 46.8 Å². The fourth-order valence-electron chi connectivity index (χ4n) is 2.28. The SMILES string of the molecule is CC1CCN(c2c(Br)cc(Br)cc2C(=O)O)CC1. The van der Waals surface area contributed by atoms with E-state index < -0.39 is 5.97 Å². The number of anilines is 1.